The van der Waals surface area contributed by atoms with E-state index < -0.39 is 0 Å². The summed E-state index contributed by atoms with van der Waals surface area (Å²) in [5.74, 6) is 0.827. The molecule has 0 amide bonds. The van der Waals surface area contributed by atoms with Gasteiger partial charge in [-0.3, -0.25) is 4.98 Å². The Balaban J connectivity index is 1.80. The molecule has 0 aliphatic carbocycles. The second-order valence-electron chi connectivity index (χ2n) is 3.71. The summed E-state index contributed by atoms with van der Waals surface area (Å²) in [5, 5.41) is 3.76. The van der Waals surface area contributed by atoms with Crippen molar-refractivity contribution in [3.63, 3.8) is 0 Å². The maximum atomic E-state index is 4.17. The number of hydrogen-bond acceptors (Lipinski definition) is 4. The van der Waals surface area contributed by atoms with Gasteiger partial charge >= 0.3 is 0 Å². The molecule has 0 bridgehead atoms. The van der Waals surface area contributed by atoms with Gasteiger partial charge in [-0.05, 0) is 12.1 Å². The fraction of sp³-hybridized carbons (Fsp3) is 0.231. The Labute approximate surface area is 106 Å². The Kier molecular flexibility index (Phi) is 4.38. The molecule has 0 fully saturated rings. The predicted octanol–water partition coefficient (Wildman–Crippen LogP) is 3.07. The first-order chi connectivity index (χ1) is 8.34. The number of thioether (sulfide) groups is 1. The minimum Gasteiger partial charge on any atom is -0.368 e. The molecule has 17 heavy (non-hydrogen) atoms. The van der Waals surface area contributed by atoms with Crippen LogP contribution in [-0.2, 0) is 0 Å². The van der Waals surface area contributed by atoms with Crippen LogP contribution in [0.4, 0.5) is 5.82 Å². The molecular formula is C13H15N3S. The van der Waals surface area contributed by atoms with Crippen LogP contribution in [0, 0.1) is 0 Å². The summed E-state index contributed by atoms with van der Waals surface area (Å²) in [7, 11) is 0. The number of nitrogens with zero attached hydrogens (tertiary/aromatic N) is 2. The molecule has 0 spiro atoms. The van der Waals surface area contributed by atoms with Crippen LogP contribution in [-0.4, -0.2) is 21.8 Å². The molecule has 1 aromatic carbocycles. The molecule has 2 rings (SSSR count). The molecule has 0 radical (unpaired) electrons. The molecule has 2 aromatic rings. The highest BCUT2D eigenvalue weighted by Crippen LogP contribution is 2.22. The summed E-state index contributed by atoms with van der Waals surface area (Å²) < 4.78 is 0. The van der Waals surface area contributed by atoms with Gasteiger partial charge < -0.3 is 5.32 Å². The molecule has 1 atom stereocenters. The molecule has 1 N–H and O–H groups in total. The maximum Gasteiger partial charge on any atom is 0.144 e. The van der Waals surface area contributed by atoms with Gasteiger partial charge in [-0.15, -0.1) is 11.8 Å². The van der Waals surface area contributed by atoms with Crippen LogP contribution in [0.3, 0.4) is 0 Å². The van der Waals surface area contributed by atoms with Crippen LogP contribution < -0.4 is 5.32 Å². The van der Waals surface area contributed by atoms with E-state index in [4.69, 9.17) is 0 Å². The van der Waals surface area contributed by atoms with E-state index in [1.807, 2.05) is 17.8 Å². The van der Waals surface area contributed by atoms with Crippen molar-refractivity contribution < 1.29 is 0 Å². The van der Waals surface area contributed by atoms with Crippen molar-refractivity contribution >= 4 is 17.6 Å². The van der Waals surface area contributed by atoms with Gasteiger partial charge in [0.15, 0.2) is 0 Å². The van der Waals surface area contributed by atoms with E-state index in [0.717, 1.165) is 12.4 Å². The van der Waals surface area contributed by atoms with Gasteiger partial charge in [-0.1, -0.05) is 25.1 Å². The molecule has 1 unspecified atom stereocenters. The number of benzene rings is 1. The lowest BCUT2D eigenvalue weighted by molar-refractivity contribution is 0.982. The summed E-state index contributed by atoms with van der Waals surface area (Å²) in [4.78, 5) is 9.48. The van der Waals surface area contributed by atoms with Gasteiger partial charge in [0, 0.05) is 29.1 Å². The minimum absolute atomic E-state index is 0.486. The molecule has 4 heteroatoms. The van der Waals surface area contributed by atoms with Gasteiger partial charge in [0.25, 0.3) is 0 Å². The number of aromatic nitrogens is 2. The third-order valence-corrected chi connectivity index (χ3v) is 3.33. The SMILES string of the molecule is CC(CNc1cnccn1)Sc1ccccc1. The van der Waals surface area contributed by atoms with Crippen molar-refractivity contribution in [2.45, 2.75) is 17.1 Å². The normalized spacial score (nSPS) is 12.1. The Morgan fingerprint density at radius 1 is 1.24 bits per heavy atom. The lowest BCUT2D eigenvalue weighted by Gasteiger charge is -2.12. The Bertz CT molecular complexity index is 433. The van der Waals surface area contributed by atoms with E-state index >= 15 is 0 Å². The van der Waals surface area contributed by atoms with Crippen LogP contribution in [0.2, 0.25) is 0 Å². The van der Waals surface area contributed by atoms with Gasteiger partial charge in [-0.25, -0.2) is 4.98 Å². The van der Waals surface area contributed by atoms with Crippen molar-refractivity contribution in [2.24, 2.45) is 0 Å². The fourth-order valence-corrected chi connectivity index (χ4v) is 2.36. The second kappa shape index (κ2) is 6.25. The smallest absolute Gasteiger partial charge is 0.144 e. The average molecular weight is 245 g/mol. The van der Waals surface area contributed by atoms with Crippen molar-refractivity contribution in [2.75, 3.05) is 11.9 Å². The Morgan fingerprint density at radius 2 is 2.06 bits per heavy atom. The lowest BCUT2D eigenvalue weighted by atomic mass is 10.4. The minimum atomic E-state index is 0.486. The van der Waals surface area contributed by atoms with Crippen molar-refractivity contribution in [1.82, 2.24) is 9.97 Å². The van der Waals surface area contributed by atoms with E-state index in [1.54, 1.807) is 18.6 Å². The summed E-state index contributed by atoms with van der Waals surface area (Å²) in [6.45, 7) is 3.07. The van der Waals surface area contributed by atoms with E-state index in [9.17, 15) is 0 Å². The first-order valence-electron chi connectivity index (χ1n) is 5.56. The number of hydrogen-bond donors (Lipinski definition) is 1. The van der Waals surface area contributed by atoms with E-state index in [2.05, 4.69) is 46.5 Å². The van der Waals surface area contributed by atoms with E-state index in [1.165, 1.54) is 4.90 Å². The quantitative estimate of drug-likeness (QED) is 0.822. The van der Waals surface area contributed by atoms with Gasteiger partial charge in [0.05, 0.1) is 6.20 Å². The molecule has 1 aromatic heterocycles. The maximum absolute atomic E-state index is 4.17. The zero-order chi connectivity index (χ0) is 11.9. The Hall–Kier alpha value is -1.55. The van der Waals surface area contributed by atoms with Gasteiger partial charge in [0.2, 0.25) is 0 Å². The number of rotatable bonds is 5. The van der Waals surface area contributed by atoms with Crippen LogP contribution in [0.25, 0.3) is 0 Å². The topological polar surface area (TPSA) is 37.8 Å². The molecule has 0 saturated carbocycles. The summed E-state index contributed by atoms with van der Waals surface area (Å²) in [5.41, 5.74) is 0. The van der Waals surface area contributed by atoms with Gasteiger partial charge in [0.1, 0.15) is 5.82 Å². The average Bonchev–Trinajstić information content (AvgIpc) is 2.39. The highest BCUT2D eigenvalue weighted by molar-refractivity contribution is 8.00. The van der Waals surface area contributed by atoms with Crippen LogP contribution in [0.1, 0.15) is 6.92 Å². The lowest BCUT2D eigenvalue weighted by Crippen LogP contribution is -2.13. The standard InChI is InChI=1S/C13H15N3S/c1-11(17-12-5-3-2-4-6-12)9-16-13-10-14-7-8-15-13/h2-8,10-11H,9H2,1H3,(H,15,16). The molecule has 0 aliphatic heterocycles. The fourth-order valence-electron chi connectivity index (χ4n) is 1.41. The van der Waals surface area contributed by atoms with Gasteiger partial charge in [-0.2, -0.15) is 0 Å². The van der Waals surface area contributed by atoms with Crippen molar-refractivity contribution in [3.05, 3.63) is 48.9 Å². The largest absolute Gasteiger partial charge is 0.368 e. The first kappa shape index (κ1) is 11.9. The third kappa shape index (κ3) is 4.07. The second-order valence-corrected chi connectivity index (χ2v) is 5.22. The summed E-state index contributed by atoms with van der Waals surface area (Å²) in [6, 6.07) is 10.4. The molecule has 88 valence electrons. The molecule has 0 aliphatic rings. The number of nitrogens with one attached hydrogen (secondary N) is 1. The first-order valence-corrected chi connectivity index (χ1v) is 6.44. The van der Waals surface area contributed by atoms with Crippen LogP contribution in [0.5, 0.6) is 0 Å². The highest BCUT2D eigenvalue weighted by Gasteiger charge is 2.04. The highest BCUT2D eigenvalue weighted by atomic mass is 32.2. The molecular weight excluding hydrogens is 230 g/mol. The van der Waals surface area contributed by atoms with E-state index in [-0.39, 0.29) is 0 Å². The predicted molar refractivity (Wildman–Crippen MR) is 72.3 cm³/mol. The Morgan fingerprint density at radius 3 is 2.76 bits per heavy atom. The van der Waals surface area contributed by atoms with E-state index in [0.29, 0.717) is 5.25 Å². The van der Waals surface area contributed by atoms with Crippen LogP contribution in [0.15, 0.2) is 53.8 Å². The monoisotopic (exact) mass is 245 g/mol. The van der Waals surface area contributed by atoms with Crippen LogP contribution >= 0.6 is 11.8 Å². The number of anilines is 1. The summed E-state index contributed by atoms with van der Waals surface area (Å²) >= 11 is 1.85. The third-order valence-electron chi connectivity index (χ3n) is 2.21. The summed E-state index contributed by atoms with van der Waals surface area (Å²) in [6.07, 6.45) is 5.10. The van der Waals surface area contributed by atoms with Crippen molar-refractivity contribution in [1.29, 1.82) is 0 Å². The zero-order valence-electron chi connectivity index (χ0n) is 9.71. The molecule has 0 saturated heterocycles. The molecule has 1 heterocycles. The zero-order valence-corrected chi connectivity index (χ0v) is 10.5. The molecule has 3 nitrogen and oxygen atoms in total. The van der Waals surface area contributed by atoms with Crippen molar-refractivity contribution in [3.8, 4) is 0 Å².